The van der Waals surface area contributed by atoms with Crippen molar-refractivity contribution < 1.29 is 0 Å². The fourth-order valence-corrected chi connectivity index (χ4v) is 4.43. The van der Waals surface area contributed by atoms with E-state index < -0.39 is 7.38 Å². The third-order valence-electron chi connectivity index (χ3n) is 2.29. The average Bonchev–Trinajstić information content (AvgIpc) is 1.88. The molecule has 0 bridgehead atoms. The van der Waals surface area contributed by atoms with Gasteiger partial charge >= 0.3 is 0 Å². The first-order valence-corrected chi connectivity index (χ1v) is 7.76. The highest BCUT2D eigenvalue weighted by atomic mass is 35.6. The van der Waals surface area contributed by atoms with Crippen LogP contribution in [0.25, 0.3) is 0 Å². The lowest BCUT2D eigenvalue weighted by Gasteiger charge is -2.26. The zero-order chi connectivity index (χ0) is 8.20. The zero-order valence-corrected chi connectivity index (χ0v) is 9.33. The second-order valence-corrected chi connectivity index (χ2v) is 9.98. The molecule has 0 nitrogen and oxygen atoms in total. The highest BCUT2D eigenvalue weighted by molar-refractivity contribution is 7.21. The van der Waals surface area contributed by atoms with Crippen LogP contribution in [0.15, 0.2) is 0 Å². The second-order valence-electron chi connectivity index (χ2n) is 3.29. The number of hydrogen-bond acceptors (Lipinski definition) is 0. The summed E-state index contributed by atoms with van der Waals surface area (Å²) in [5, 5.41) is 0. The third-order valence-corrected chi connectivity index (χ3v) is 9.54. The Labute approximate surface area is 70.7 Å². The van der Waals surface area contributed by atoms with Crippen LogP contribution in [0.1, 0.15) is 34.1 Å². The Hall–Kier alpha value is 0.507. The van der Waals surface area contributed by atoms with Gasteiger partial charge in [-0.15, -0.1) is 0 Å². The molecule has 0 aromatic heterocycles. The van der Waals surface area contributed by atoms with Gasteiger partial charge in [0, 0.05) is 0 Å². The van der Waals surface area contributed by atoms with Crippen LogP contribution >= 0.6 is 11.1 Å². The minimum atomic E-state index is -1.33. The van der Waals surface area contributed by atoms with E-state index in [0.717, 1.165) is 5.54 Å². The largest absolute Gasteiger partial charge is 0.167 e. The van der Waals surface area contributed by atoms with Crippen molar-refractivity contribution in [2.75, 3.05) is 0 Å². The van der Waals surface area contributed by atoms with Crippen LogP contribution < -0.4 is 0 Å². The summed E-state index contributed by atoms with van der Waals surface area (Å²) in [5.41, 5.74) is 0.735. The lowest BCUT2D eigenvalue weighted by Crippen LogP contribution is -2.29. The normalized spacial score (nSPS) is 17.4. The van der Waals surface area contributed by atoms with Crippen LogP contribution in [-0.4, -0.2) is 7.38 Å². The Bertz CT molecular complexity index is 93.3. The molecule has 0 aliphatic heterocycles. The van der Waals surface area contributed by atoms with Gasteiger partial charge in [0.25, 0.3) is 0 Å². The Morgan fingerprint density at radius 3 is 1.90 bits per heavy atom. The first kappa shape index (κ1) is 10.5. The van der Waals surface area contributed by atoms with Crippen LogP contribution in [0.2, 0.25) is 17.6 Å². The second kappa shape index (κ2) is 4.40. The van der Waals surface area contributed by atoms with Gasteiger partial charge in [-0.25, -0.2) is 0 Å². The maximum absolute atomic E-state index is 6.50. The zero-order valence-electron chi connectivity index (χ0n) is 7.58. The highest BCUT2D eigenvalue weighted by Crippen LogP contribution is 2.33. The third kappa shape index (κ3) is 2.63. The molecule has 0 aromatic carbocycles. The molecular formula is C8H19ClSi. The van der Waals surface area contributed by atoms with Crippen molar-refractivity contribution in [3.63, 3.8) is 0 Å². The summed E-state index contributed by atoms with van der Waals surface area (Å²) < 4.78 is 0. The Kier molecular flexibility index (Phi) is 4.62. The molecule has 1 unspecified atom stereocenters. The first-order chi connectivity index (χ1) is 4.56. The lowest BCUT2D eigenvalue weighted by molar-refractivity contribution is 0.947. The minimum Gasteiger partial charge on any atom is -0.167 e. The van der Waals surface area contributed by atoms with Gasteiger partial charge in [-0.1, -0.05) is 34.1 Å². The summed E-state index contributed by atoms with van der Waals surface area (Å²) in [6.07, 6.45) is 1.25. The number of rotatable bonds is 4. The summed E-state index contributed by atoms with van der Waals surface area (Å²) in [6.45, 7) is 8.98. The molecule has 62 valence electrons. The maximum atomic E-state index is 6.50. The van der Waals surface area contributed by atoms with Crippen molar-refractivity contribution >= 4 is 18.5 Å². The molecule has 0 rings (SSSR count). The van der Waals surface area contributed by atoms with E-state index in [4.69, 9.17) is 11.1 Å². The van der Waals surface area contributed by atoms with Gasteiger partial charge < -0.3 is 0 Å². The molecule has 0 aromatic rings. The van der Waals surface area contributed by atoms with Gasteiger partial charge in [0.15, 0.2) is 7.38 Å². The monoisotopic (exact) mass is 178 g/mol. The number of halogens is 1. The van der Waals surface area contributed by atoms with Gasteiger partial charge in [0.2, 0.25) is 0 Å². The molecule has 2 heteroatoms. The van der Waals surface area contributed by atoms with E-state index in [1.165, 1.54) is 18.5 Å². The van der Waals surface area contributed by atoms with Gasteiger partial charge in [-0.05, 0) is 17.6 Å². The van der Waals surface area contributed by atoms with Crippen molar-refractivity contribution in [3.8, 4) is 0 Å². The molecule has 0 saturated heterocycles. The topological polar surface area (TPSA) is 0 Å². The highest BCUT2D eigenvalue weighted by Gasteiger charge is 2.30. The van der Waals surface area contributed by atoms with Crippen molar-refractivity contribution in [2.24, 2.45) is 0 Å². The minimum absolute atomic E-state index is 0.735. The standard InChI is InChI=1S/C8H19ClSi/c1-5-7-10(9,6-2)8(3)4/h8H,5-7H2,1-4H3. The first-order valence-electron chi connectivity index (χ1n) is 4.25. The molecule has 0 heterocycles. The predicted molar refractivity (Wildman–Crippen MR) is 52.3 cm³/mol. The van der Waals surface area contributed by atoms with Crippen molar-refractivity contribution in [3.05, 3.63) is 0 Å². The molecule has 0 radical (unpaired) electrons. The van der Waals surface area contributed by atoms with Crippen molar-refractivity contribution in [1.29, 1.82) is 0 Å². The summed E-state index contributed by atoms with van der Waals surface area (Å²) in [4.78, 5) is 0. The van der Waals surface area contributed by atoms with Gasteiger partial charge in [-0.2, -0.15) is 11.1 Å². The average molecular weight is 179 g/mol. The fourth-order valence-electron chi connectivity index (χ4n) is 1.29. The molecule has 0 fully saturated rings. The van der Waals surface area contributed by atoms with Gasteiger partial charge in [0.1, 0.15) is 0 Å². The van der Waals surface area contributed by atoms with E-state index in [9.17, 15) is 0 Å². The Morgan fingerprint density at radius 1 is 1.30 bits per heavy atom. The van der Waals surface area contributed by atoms with E-state index in [-0.39, 0.29) is 0 Å². The van der Waals surface area contributed by atoms with E-state index in [0.29, 0.717) is 0 Å². The summed E-state index contributed by atoms with van der Waals surface area (Å²) >= 11 is 6.50. The molecule has 0 N–H and O–H groups in total. The SMILES string of the molecule is CCC[Si](Cl)(CC)C(C)C. The van der Waals surface area contributed by atoms with Crippen LogP contribution in [0.3, 0.4) is 0 Å². The quantitative estimate of drug-likeness (QED) is 0.451. The van der Waals surface area contributed by atoms with E-state index >= 15 is 0 Å². The molecule has 0 spiro atoms. The van der Waals surface area contributed by atoms with E-state index in [2.05, 4.69) is 27.7 Å². The molecule has 10 heavy (non-hydrogen) atoms. The van der Waals surface area contributed by atoms with Gasteiger partial charge in [0.05, 0.1) is 0 Å². The van der Waals surface area contributed by atoms with Crippen LogP contribution in [0, 0.1) is 0 Å². The van der Waals surface area contributed by atoms with E-state index in [1.54, 1.807) is 0 Å². The smallest absolute Gasteiger partial charge is 0.158 e. The van der Waals surface area contributed by atoms with Gasteiger partial charge in [-0.3, -0.25) is 0 Å². The Balaban J connectivity index is 3.94. The van der Waals surface area contributed by atoms with Crippen LogP contribution in [0.5, 0.6) is 0 Å². The molecule has 1 atom stereocenters. The molecular weight excluding hydrogens is 160 g/mol. The lowest BCUT2D eigenvalue weighted by atomic mass is 10.5. The van der Waals surface area contributed by atoms with Crippen molar-refractivity contribution in [2.45, 2.75) is 51.7 Å². The van der Waals surface area contributed by atoms with E-state index in [1.807, 2.05) is 0 Å². The van der Waals surface area contributed by atoms with Crippen LogP contribution in [0.4, 0.5) is 0 Å². The van der Waals surface area contributed by atoms with Crippen molar-refractivity contribution in [1.82, 2.24) is 0 Å². The summed E-state index contributed by atoms with van der Waals surface area (Å²) in [7, 11) is -1.33. The molecule has 0 aliphatic rings. The van der Waals surface area contributed by atoms with Crippen LogP contribution in [-0.2, 0) is 0 Å². The molecule has 0 aliphatic carbocycles. The molecule has 0 saturated carbocycles. The molecule has 0 amide bonds. The number of hydrogen-bond donors (Lipinski definition) is 0. The summed E-state index contributed by atoms with van der Waals surface area (Å²) in [5.74, 6) is 0. The summed E-state index contributed by atoms with van der Waals surface area (Å²) in [6, 6.07) is 2.50. The Morgan fingerprint density at radius 2 is 1.80 bits per heavy atom. The predicted octanol–water partition coefficient (Wildman–Crippen LogP) is 4.01. The fraction of sp³-hybridized carbons (Fsp3) is 1.00. The maximum Gasteiger partial charge on any atom is 0.158 e.